The van der Waals surface area contributed by atoms with Crippen LogP contribution in [0.1, 0.15) is 39.2 Å². The number of hydrogen-bond acceptors (Lipinski definition) is 6. The number of halogens is 1. The van der Waals surface area contributed by atoms with Crippen molar-refractivity contribution in [3.8, 4) is 17.0 Å². The predicted molar refractivity (Wildman–Crippen MR) is 154 cm³/mol. The van der Waals surface area contributed by atoms with Crippen LogP contribution in [0.4, 0.5) is 5.69 Å². The van der Waals surface area contributed by atoms with E-state index < -0.39 is 23.5 Å². The van der Waals surface area contributed by atoms with Crippen LogP contribution in [0.25, 0.3) is 11.1 Å². The van der Waals surface area contributed by atoms with Gasteiger partial charge >= 0.3 is 57.4 Å². The van der Waals surface area contributed by atoms with Crippen molar-refractivity contribution in [1.82, 2.24) is 9.78 Å². The van der Waals surface area contributed by atoms with E-state index in [1.54, 1.807) is 18.2 Å². The molecule has 40 heavy (non-hydrogen) atoms. The van der Waals surface area contributed by atoms with E-state index in [1.807, 2.05) is 30.3 Å². The Kier molecular flexibility index (Phi) is 11.0. The monoisotopic (exact) mass is 585 g/mol. The Morgan fingerprint density at radius 1 is 1.00 bits per heavy atom. The number of rotatable bonds is 9. The van der Waals surface area contributed by atoms with Gasteiger partial charge in [-0.2, -0.15) is 0 Å². The van der Waals surface area contributed by atoms with E-state index in [1.165, 1.54) is 44.4 Å². The normalized spacial score (nSPS) is 11.2. The molecule has 0 saturated carbocycles. The number of carbonyl (C=O) groups excluding carboxylic acids is 2. The van der Waals surface area contributed by atoms with Crippen LogP contribution in [-0.2, 0) is 11.2 Å². The first-order chi connectivity index (χ1) is 18.7. The van der Waals surface area contributed by atoms with Crippen molar-refractivity contribution < 1.29 is 24.2 Å². The molecule has 0 radical (unpaired) electrons. The van der Waals surface area contributed by atoms with Crippen molar-refractivity contribution in [3.63, 3.8) is 0 Å². The number of carboxylic acid groups (broad SMARTS) is 1. The fourth-order valence-electron chi connectivity index (χ4n) is 4.11. The Labute approximate surface area is 277 Å². The summed E-state index contributed by atoms with van der Waals surface area (Å²) >= 11 is 6.18. The summed E-state index contributed by atoms with van der Waals surface area (Å²) in [5, 5.41) is 16.6. The van der Waals surface area contributed by atoms with E-state index in [0.717, 1.165) is 10.2 Å². The number of nitrogens with zero attached hydrogens (tertiary/aromatic N) is 2. The van der Waals surface area contributed by atoms with Gasteiger partial charge in [-0.15, -0.1) is 5.10 Å². The van der Waals surface area contributed by atoms with Crippen molar-refractivity contribution >= 4 is 86.3 Å². The number of hydrogen-bond donors (Lipinski definition) is 2. The number of carboxylic acids is 1. The molecule has 0 spiro atoms. The number of carbonyl (C=O) groups is 3. The van der Waals surface area contributed by atoms with Gasteiger partial charge in [-0.25, -0.2) is 9.48 Å². The van der Waals surface area contributed by atoms with Crippen molar-refractivity contribution in [3.05, 3.63) is 111 Å². The van der Waals surface area contributed by atoms with Gasteiger partial charge in [-0.05, 0) is 60.5 Å². The molecule has 1 unspecified atom stereocenters. The molecule has 3 aromatic carbocycles. The van der Waals surface area contributed by atoms with Crippen molar-refractivity contribution in [2.24, 2.45) is 0 Å². The summed E-state index contributed by atoms with van der Waals surface area (Å²) in [5.74, 6) is -1.84. The van der Waals surface area contributed by atoms with Crippen molar-refractivity contribution in [2.45, 2.75) is 19.4 Å². The first-order valence-corrected chi connectivity index (χ1v) is 12.2. The number of ether oxygens (including phenoxy) is 1. The number of Topliss-reactive ketones (excluding diaryl/α,β-unsaturated/α-hetero) is 1. The number of amides is 1. The second-order valence-electron chi connectivity index (χ2n) is 8.67. The molecule has 1 atom stereocenters. The van der Waals surface area contributed by atoms with Gasteiger partial charge in [-0.1, -0.05) is 41.9 Å². The summed E-state index contributed by atoms with van der Waals surface area (Å²) in [6.45, 7) is 1.40. The maximum atomic E-state index is 13.5. The SMILES string of the molecule is COc1nn(C(Cc2ccccc2)C(=O)Nc2ccc(C(=O)O)cc2)c(=O)cc1-c1cc(Cl)ccc1C(C)=O.[KH]. The molecular formula is C29H25ClKN3O6. The number of aromatic nitrogens is 2. The number of ketones is 1. The minimum absolute atomic E-state index is 0. The van der Waals surface area contributed by atoms with Crippen LogP contribution < -0.4 is 15.6 Å². The topological polar surface area (TPSA) is 128 Å². The van der Waals surface area contributed by atoms with Gasteiger partial charge in [0.15, 0.2) is 5.78 Å². The fourth-order valence-corrected chi connectivity index (χ4v) is 4.29. The summed E-state index contributed by atoms with van der Waals surface area (Å²) < 4.78 is 6.53. The molecule has 0 aliphatic rings. The van der Waals surface area contributed by atoms with E-state index in [9.17, 15) is 19.2 Å². The Morgan fingerprint density at radius 3 is 2.27 bits per heavy atom. The van der Waals surface area contributed by atoms with Crippen LogP contribution in [0.15, 0.2) is 83.7 Å². The zero-order valence-corrected chi connectivity index (χ0v) is 21.8. The van der Waals surface area contributed by atoms with Crippen LogP contribution in [0.3, 0.4) is 0 Å². The van der Waals surface area contributed by atoms with Crippen molar-refractivity contribution in [2.75, 3.05) is 12.4 Å². The molecule has 2 N–H and O–H groups in total. The van der Waals surface area contributed by atoms with Gasteiger partial charge < -0.3 is 15.2 Å². The summed E-state index contributed by atoms with van der Waals surface area (Å²) in [7, 11) is 1.37. The van der Waals surface area contributed by atoms with Gasteiger partial charge in [0.2, 0.25) is 11.8 Å². The molecule has 0 aliphatic heterocycles. The summed E-state index contributed by atoms with van der Waals surface area (Å²) in [4.78, 5) is 50.4. The van der Waals surface area contributed by atoms with Crippen LogP contribution in [0.5, 0.6) is 5.88 Å². The molecular weight excluding hydrogens is 561 g/mol. The molecule has 0 aliphatic carbocycles. The maximum absolute atomic E-state index is 13.5. The molecule has 0 saturated heterocycles. The zero-order chi connectivity index (χ0) is 28.1. The van der Waals surface area contributed by atoms with Crippen LogP contribution >= 0.6 is 11.6 Å². The molecule has 1 heterocycles. The Morgan fingerprint density at radius 2 is 1.68 bits per heavy atom. The van der Waals surface area contributed by atoms with Gasteiger partial charge in [0.25, 0.3) is 5.56 Å². The molecule has 0 bridgehead atoms. The summed E-state index contributed by atoms with van der Waals surface area (Å²) in [6.07, 6.45) is 0.130. The second-order valence-corrected chi connectivity index (χ2v) is 9.11. The second kappa shape index (κ2) is 14.0. The zero-order valence-electron chi connectivity index (χ0n) is 21.1. The molecule has 4 aromatic rings. The van der Waals surface area contributed by atoms with Crippen molar-refractivity contribution in [1.29, 1.82) is 0 Å². The molecule has 9 nitrogen and oxygen atoms in total. The number of anilines is 1. The van der Waals surface area contributed by atoms with E-state index in [4.69, 9.17) is 21.4 Å². The minimum atomic E-state index is -1.09. The quantitative estimate of drug-likeness (QED) is 0.222. The molecule has 1 amide bonds. The molecule has 4 rings (SSSR count). The van der Waals surface area contributed by atoms with Crippen LogP contribution in [-0.4, -0.2) is 91.0 Å². The third kappa shape index (κ3) is 7.33. The number of benzene rings is 3. The number of nitrogens with one attached hydrogen (secondary N) is 1. The molecule has 1 aromatic heterocycles. The molecule has 200 valence electrons. The third-order valence-corrected chi connectivity index (χ3v) is 6.27. The number of aromatic carboxylic acids is 1. The third-order valence-electron chi connectivity index (χ3n) is 6.04. The summed E-state index contributed by atoms with van der Waals surface area (Å²) in [6, 6.07) is 19.6. The number of methoxy groups -OCH3 is 1. The van der Waals surface area contributed by atoms with Gasteiger partial charge in [0.05, 0.1) is 18.2 Å². The van der Waals surface area contributed by atoms with Crippen LogP contribution in [0, 0.1) is 0 Å². The average Bonchev–Trinajstić information content (AvgIpc) is 2.92. The van der Waals surface area contributed by atoms with E-state index in [-0.39, 0.29) is 80.6 Å². The van der Waals surface area contributed by atoms with E-state index >= 15 is 0 Å². The average molecular weight is 586 g/mol. The first kappa shape index (κ1) is 31.4. The molecule has 11 heteroatoms. The van der Waals surface area contributed by atoms with E-state index in [2.05, 4.69) is 10.4 Å². The Bertz CT molecular complexity index is 1610. The van der Waals surface area contributed by atoms with Crippen LogP contribution in [0.2, 0.25) is 5.02 Å². The predicted octanol–water partition coefficient (Wildman–Crippen LogP) is 4.25. The summed E-state index contributed by atoms with van der Waals surface area (Å²) in [5.41, 5.74) is 1.57. The fraction of sp³-hybridized carbons (Fsp3) is 0.138. The molecule has 0 fully saturated rings. The van der Waals surface area contributed by atoms with E-state index in [0.29, 0.717) is 21.8 Å². The first-order valence-electron chi connectivity index (χ1n) is 11.8. The Balaban J connectivity index is 0.00000441. The Hall–Kier alpha value is -3.12. The van der Waals surface area contributed by atoms with Gasteiger partial charge in [-0.3, -0.25) is 14.4 Å². The van der Waals surface area contributed by atoms with Gasteiger partial charge in [0.1, 0.15) is 6.04 Å². The standard InChI is InChI=1S/C29H24ClN3O6.K.H/c1-17(34)22-13-10-20(30)15-23(22)24-16-26(35)33(32-28(24)39-2)25(14-18-6-4-3-5-7-18)27(36)31-21-11-8-19(9-12-21)29(37)38;;/h3-13,15-16,25H,14H2,1-2H3,(H,31,36)(H,37,38);;. The van der Waals surface area contributed by atoms with Gasteiger partial charge in [0, 0.05) is 28.8 Å².